The van der Waals surface area contributed by atoms with Crippen LogP contribution in [0.4, 0.5) is 0 Å². The van der Waals surface area contributed by atoms with Gasteiger partial charge < -0.3 is 8.80 Å². The van der Waals surface area contributed by atoms with Crippen LogP contribution in [0.5, 0.6) is 0 Å². The summed E-state index contributed by atoms with van der Waals surface area (Å²) in [5.41, 5.74) is 29.1. The molecule has 18 aromatic rings. The minimum atomic E-state index is 1.18. The fourth-order valence-electron chi connectivity index (χ4n) is 14.2. The van der Waals surface area contributed by atoms with Gasteiger partial charge in [-0.05, 0) is 191 Å². The monoisotopic (exact) mass is 1090 g/mol. The lowest BCUT2D eigenvalue weighted by Gasteiger charge is -2.13. The van der Waals surface area contributed by atoms with E-state index in [0.717, 1.165) is 0 Å². The van der Waals surface area contributed by atoms with Crippen LogP contribution in [0.2, 0.25) is 0 Å². The maximum atomic E-state index is 2.52. The van der Waals surface area contributed by atoms with Crippen LogP contribution in [0.3, 0.4) is 0 Å². The third-order valence-electron chi connectivity index (χ3n) is 18.3. The van der Waals surface area contributed by atoms with E-state index in [-0.39, 0.29) is 0 Å². The molecule has 0 atom stereocenters. The van der Waals surface area contributed by atoms with Crippen LogP contribution in [0.15, 0.2) is 315 Å². The Bertz CT molecular complexity index is 5670. The van der Waals surface area contributed by atoms with Gasteiger partial charge in [-0.15, -0.1) is 0 Å². The van der Waals surface area contributed by atoms with Gasteiger partial charge in [-0.1, -0.05) is 224 Å². The predicted octanol–water partition coefficient (Wildman–Crippen LogP) is 23.0. The topological polar surface area (TPSA) is 8.82 Å². The molecule has 2 heteroatoms. The Kier molecular flexibility index (Phi) is 10.7. The van der Waals surface area contributed by atoms with Crippen molar-refractivity contribution in [1.82, 2.24) is 8.80 Å². The van der Waals surface area contributed by atoms with E-state index in [1.54, 1.807) is 0 Å². The van der Waals surface area contributed by atoms with Crippen LogP contribution in [0, 0.1) is 0 Å². The summed E-state index contributed by atoms with van der Waals surface area (Å²) < 4.78 is 4.99. The molecule has 0 aliphatic rings. The minimum Gasteiger partial charge on any atom is -0.308 e. The highest BCUT2D eigenvalue weighted by molar-refractivity contribution is 6.26. The summed E-state index contributed by atoms with van der Waals surface area (Å²) >= 11 is 0. The molecule has 0 spiro atoms. The molecule has 4 heterocycles. The van der Waals surface area contributed by atoms with Crippen molar-refractivity contribution in [3.8, 4) is 100 Å². The van der Waals surface area contributed by atoms with Crippen LogP contribution in [0.25, 0.3) is 176 Å². The Morgan fingerprint density at radius 3 is 0.884 bits per heavy atom. The van der Waals surface area contributed by atoms with Crippen molar-refractivity contribution in [3.63, 3.8) is 0 Å². The van der Waals surface area contributed by atoms with Gasteiger partial charge in [-0.25, -0.2) is 0 Å². The van der Waals surface area contributed by atoms with Crippen molar-refractivity contribution in [2.24, 2.45) is 0 Å². The van der Waals surface area contributed by atoms with Gasteiger partial charge in [0.1, 0.15) is 0 Å². The second-order valence-corrected chi connectivity index (χ2v) is 23.2. The summed E-state index contributed by atoms with van der Waals surface area (Å²) in [7, 11) is 0. The molecular weight excluding hydrogens is 1040 g/mol. The Hall–Kier alpha value is -11.3. The fourth-order valence-corrected chi connectivity index (χ4v) is 14.2. The molecule has 0 unspecified atom stereocenters. The quantitative estimate of drug-likeness (QED) is 0.136. The molecule has 0 amide bonds. The number of benzene rings is 14. The average Bonchev–Trinajstić information content (AvgIpc) is 1.62. The van der Waals surface area contributed by atoms with Crippen LogP contribution in [-0.4, -0.2) is 8.80 Å². The van der Waals surface area contributed by atoms with Crippen molar-refractivity contribution in [2.75, 3.05) is 0 Å². The van der Waals surface area contributed by atoms with E-state index in [1.165, 1.54) is 176 Å². The van der Waals surface area contributed by atoms with E-state index in [4.69, 9.17) is 0 Å². The standard InChI is InChI=1S/C84H52N2/c1-4-17-53(18-5-1)56-33-35-57(36-34-56)58-23-14-24-59(41-58)60-25-15-28-63(42-60)70-50-76-72-30-11-13-32-80(72)86-82-52-65(37-39-73(82)77(51-70)83(76)86)68-45-66(54-19-6-2-7-20-54)44-67(46-68)62-27-16-26-61(43-62)64-38-40-81-74(47-64)78-49-69(55-21-8-3-9-22-55)48-75-71-29-10-12-31-79(71)85(81)84(75)78/h1-52H. The van der Waals surface area contributed by atoms with Crippen molar-refractivity contribution in [3.05, 3.63) is 315 Å². The maximum absolute atomic E-state index is 2.52. The molecular formula is C84H52N2. The lowest BCUT2D eigenvalue weighted by atomic mass is 9.91. The zero-order valence-corrected chi connectivity index (χ0v) is 46.9. The highest BCUT2D eigenvalue weighted by Gasteiger charge is 2.22. The number of rotatable bonds is 9. The fraction of sp³-hybridized carbons (Fsp3) is 0. The molecule has 398 valence electrons. The molecule has 4 aromatic heterocycles. The number of aromatic nitrogens is 2. The Labute approximate surface area is 497 Å². The number of fused-ring (bicyclic) bond motifs is 12. The van der Waals surface area contributed by atoms with Crippen molar-refractivity contribution in [2.45, 2.75) is 0 Å². The summed E-state index contributed by atoms with van der Waals surface area (Å²) in [4.78, 5) is 0. The molecule has 0 bridgehead atoms. The Morgan fingerprint density at radius 2 is 0.384 bits per heavy atom. The minimum absolute atomic E-state index is 1.18. The normalized spacial score (nSPS) is 12.0. The van der Waals surface area contributed by atoms with Gasteiger partial charge in [0, 0.05) is 43.1 Å². The van der Waals surface area contributed by atoms with Crippen LogP contribution >= 0.6 is 0 Å². The molecule has 0 radical (unpaired) electrons. The summed E-state index contributed by atoms with van der Waals surface area (Å²) in [5, 5.41) is 10.2. The summed E-state index contributed by atoms with van der Waals surface area (Å²) in [5.74, 6) is 0. The molecule has 0 fully saturated rings. The average molecular weight is 1090 g/mol. The molecule has 2 nitrogen and oxygen atoms in total. The van der Waals surface area contributed by atoms with E-state index in [9.17, 15) is 0 Å². The number of hydrogen-bond acceptors (Lipinski definition) is 0. The molecule has 86 heavy (non-hydrogen) atoms. The Balaban J connectivity index is 0.735. The highest BCUT2D eigenvalue weighted by atomic mass is 14.9. The first-order chi connectivity index (χ1) is 42.6. The van der Waals surface area contributed by atoms with E-state index < -0.39 is 0 Å². The van der Waals surface area contributed by atoms with Gasteiger partial charge in [0.2, 0.25) is 0 Å². The van der Waals surface area contributed by atoms with E-state index in [2.05, 4.69) is 324 Å². The van der Waals surface area contributed by atoms with Crippen molar-refractivity contribution in [1.29, 1.82) is 0 Å². The van der Waals surface area contributed by atoms with Gasteiger partial charge in [0.05, 0.1) is 33.1 Å². The maximum Gasteiger partial charge on any atom is 0.0620 e. The molecule has 18 rings (SSSR count). The SMILES string of the molecule is c1ccc(-c2ccc(-c3cccc(-c4cccc(-c5cc6c7ccccc7n7c8cc(-c9cc(-c%10ccccc%10)cc(-c%10cccc(-c%11ccc%12c(c%11)c%11cc(-c%13ccccc%13)cc%13c%14ccccc%14n%12c%13%11)c%10)c9)ccc8c(c5)c67)c4)c3)cc2)cc1. The number of para-hydroxylation sites is 2. The zero-order chi connectivity index (χ0) is 56.4. The zero-order valence-electron chi connectivity index (χ0n) is 46.9. The first kappa shape index (κ1) is 48.2. The lowest BCUT2D eigenvalue weighted by molar-refractivity contribution is 1.37. The number of hydrogen-bond donors (Lipinski definition) is 0. The second kappa shape index (κ2) is 19.1. The van der Waals surface area contributed by atoms with Gasteiger partial charge in [-0.2, -0.15) is 0 Å². The van der Waals surface area contributed by atoms with Gasteiger partial charge in [-0.3, -0.25) is 0 Å². The Morgan fingerprint density at radius 1 is 0.128 bits per heavy atom. The van der Waals surface area contributed by atoms with E-state index >= 15 is 0 Å². The van der Waals surface area contributed by atoms with Gasteiger partial charge in [0.15, 0.2) is 0 Å². The summed E-state index contributed by atoms with van der Waals surface area (Å²) in [6.45, 7) is 0. The van der Waals surface area contributed by atoms with Crippen molar-refractivity contribution < 1.29 is 0 Å². The first-order valence-electron chi connectivity index (χ1n) is 29.8. The predicted molar refractivity (Wildman–Crippen MR) is 365 cm³/mol. The molecule has 0 N–H and O–H groups in total. The van der Waals surface area contributed by atoms with Crippen LogP contribution < -0.4 is 0 Å². The van der Waals surface area contributed by atoms with Crippen LogP contribution in [-0.2, 0) is 0 Å². The summed E-state index contributed by atoms with van der Waals surface area (Å²) in [6.07, 6.45) is 0. The van der Waals surface area contributed by atoms with Gasteiger partial charge in [0.25, 0.3) is 0 Å². The van der Waals surface area contributed by atoms with E-state index in [1.807, 2.05) is 0 Å². The number of nitrogens with zero attached hydrogens (tertiary/aromatic N) is 2. The molecule has 0 aliphatic carbocycles. The third-order valence-corrected chi connectivity index (χ3v) is 18.3. The first-order valence-corrected chi connectivity index (χ1v) is 29.8. The van der Waals surface area contributed by atoms with Crippen LogP contribution in [0.1, 0.15) is 0 Å². The highest BCUT2D eigenvalue weighted by Crippen LogP contribution is 2.46. The molecule has 0 aliphatic heterocycles. The van der Waals surface area contributed by atoms with Crippen molar-refractivity contribution >= 4 is 76.2 Å². The molecule has 0 saturated carbocycles. The van der Waals surface area contributed by atoms with Gasteiger partial charge >= 0.3 is 0 Å². The second-order valence-electron chi connectivity index (χ2n) is 23.2. The summed E-state index contributed by atoms with van der Waals surface area (Å²) in [6, 6.07) is 117. The largest absolute Gasteiger partial charge is 0.308 e. The van der Waals surface area contributed by atoms with E-state index in [0.29, 0.717) is 0 Å². The third kappa shape index (κ3) is 7.67. The smallest absolute Gasteiger partial charge is 0.0620 e. The molecule has 0 saturated heterocycles. The lowest BCUT2D eigenvalue weighted by Crippen LogP contribution is -1.88. The molecule has 14 aromatic carbocycles.